The summed E-state index contributed by atoms with van der Waals surface area (Å²) in [5.41, 5.74) is 3.43. The molecule has 1 aromatic heterocycles. The summed E-state index contributed by atoms with van der Waals surface area (Å²) < 4.78 is 6.21. The van der Waals surface area contributed by atoms with Gasteiger partial charge in [-0.3, -0.25) is 9.78 Å². The first-order valence-corrected chi connectivity index (χ1v) is 8.59. The van der Waals surface area contributed by atoms with Gasteiger partial charge in [-0.1, -0.05) is 34.1 Å². The Morgan fingerprint density at radius 1 is 1.11 bits per heavy atom. The van der Waals surface area contributed by atoms with Gasteiger partial charge in [0.25, 0.3) is 5.91 Å². The lowest BCUT2D eigenvalue weighted by Crippen LogP contribution is -2.19. The molecule has 0 unspecified atom stereocenters. The molecule has 0 radical (unpaired) electrons. The van der Waals surface area contributed by atoms with Crippen molar-refractivity contribution < 1.29 is 14.3 Å². The maximum absolute atomic E-state index is 12.3. The van der Waals surface area contributed by atoms with E-state index in [1.54, 1.807) is 42.5 Å². The molecule has 1 N–H and O–H groups in total. The normalized spacial score (nSPS) is 10.6. The highest BCUT2D eigenvalue weighted by Crippen LogP contribution is 2.22. The van der Waals surface area contributed by atoms with E-state index in [4.69, 9.17) is 4.74 Å². The largest absolute Gasteiger partial charge is 0.422 e. The topological polar surface area (TPSA) is 93.5 Å². The van der Waals surface area contributed by atoms with E-state index >= 15 is 0 Å². The van der Waals surface area contributed by atoms with Crippen LogP contribution < -0.4 is 10.2 Å². The molecule has 134 valence electrons. The zero-order valence-electron chi connectivity index (χ0n) is 13.9. The smallest absolute Gasteiger partial charge is 0.343 e. The first kappa shape index (κ1) is 18.4. The Hall–Kier alpha value is -3.39. The number of benzene rings is 2. The predicted molar refractivity (Wildman–Crippen MR) is 103 cm³/mol. The van der Waals surface area contributed by atoms with Crippen LogP contribution >= 0.6 is 15.9 Å². The third-order valence-electron chi connectivity index (χ3n) is 3.35. The molecule has 2 aromatic carbocycles. The Labute approximate surface area is 163 Å². The summed E-state index contributed by atoms with van der Waals surface area (Å²) in [7, 11) is 0. The number of halogens is 1. The minimum Gasteiger partial charge on any atom is -0.422 e. The van der Waals surface area contributed by atoms with Gasteiger partial charge in [0.1, 0.15) is 11.4 Å². The van der Waals surface area contributed by atoms with Gasteiger partial charge in [0.2, 0.25) is 0 Å². The predicted octanol–water partition coefficient (Wildman–Crippen LogP) is 3.22. The van der Waals surface area contributed by atoms with Crippen molar-refractivity contribution in [3.8, 4) is 5.75 Å². The summed E-state index contributed by atoms with van der Waals surface area (Å²) in [5, 5.41) is 3.90. The van der Waals surface area contributed by atoms with Crippen LogP contribution in [0.15, 0.2) is 76.7 Å². The molecule has 27 heavy (non-hydrogen) atoms. The molecule has 0 aliphatic heterocycles. The number of nitrogens with one attached hydrogen (secondary N) is 1. The van der Waals surface area contributed by atoms with Gasteiger partial charge in [0.15, 0.2) is 0 Å². The van der Waals surface area contributed by atoms with E-state index < -0.39 is 11.9 Å². The minimum absolute atomic E-state index is 0.139. The first-order valence-electron chi connectivity index (χ1n) is 7.79. The van der Waals surface area contributed by atoms with Gasteiger partial charge in [-0.05, 0) is 30.3 Å². The molecule has 0 atom stereocenters. The van der Waals surface area contributed by atoms with E-state index in [2.05, 4.69) is 36.4 Å². The van der Waals surface area contributed by atoms with Crippen molar-refractivity contribution >= 4 is 34.0 Å². The number of aromatic nitrogens is 2. The molecule has 3 aromatic rings. The summed E-state index contributed by atoms with van der Waals surface area (Å²) in [4.78, 5) is 31.9. The van der Waals surface area contributed by atoms with Crippen molar-refractivity contribution in [2.75, 3.05) is 0 Å². The lowest BCUT2D eigenvalue weighted by Gasteiger charge is -2.08. The molecule has 0 aliphatic rings. The van der Waals surface area contributed by atoms with Gasteiger partial charge >= 0.3 is 5.97 Å². The van der Waals surface area contributed by atoms with Crippen LogP contribution in [-0.4, -0.2) is 28.1 Å². The number of esters is 1. The second-order valence-corrected chi connectivity index (χ2v) is 6.14. The maximum Gasteiger partial charge on any atom is 0.343 e. The molecular formula is C19H13BrN4O3. The van der Waals surface area contributed by atoms with Gasteiger partial charge in [0, 0.05) is 22.4 Å². The Balaban J connectivity index is 1.74. The van der Waals surface area contributed by atoms with E-state index in [-0.39, 0.29) is 5.69 Å². The third kappa shape index (κ3) is 5.05. The molecule has 0 bridgehead atoms. The van der Waals surface area contributed by atoms with Crippen LogP contribution in [0.2, 0.25) is 0 Å². The Kier molecular flexibility index (Phi) is 6.01. The number of carbonyl (C=O) groups is 2. The summed E-state index contributed by atoms with van der Waals surface area (Å²) >= 11 is 3.36. The fraction of sp³-hybridized carbons (Fsp3) is 0. The van der Waals surface area contributed by atoms with Crippen molar-refractivity contribution in [2.24, 2.45) is 5.10 Å². The molecular weight excluding hydrogens is 412 g/mol. The van der Waals surface area contributed by atoms with Crippen molar-refractivity contribution in [3.63, 3.8) is 0 Å². The minimum atomic E-state index is -0.503. The summed E-state index contributed by atoms with van der Waals surface area (Å²) in [5.74, 6) is -0.683. The second-order valence-electron chi connectivity index (χ2n) is 5.23. The Bertz CT molecular complexity index is 979. The zero-order chi connectivity index (χ0) is 19.1. The summed E-state index contributed by atoms with van der Waals surface area (Å²) in [6.45, 7) is 0. The van der Waals surface area contributed by atoms with Crippen LogP contribution in [0.4, 0.5) is 0 Å². The fourth-order valence-corrected chi connectivity index (χ4v) is 2.46. The molecule has 1 heterocycles. The Morgan fingerprint density at radius 2 is 1.93 bits per heavy atom. The number of hydrazone groups is 1. The standard InChI is InChI=1S/C19H13BrN4O3/c20-15-6-7-17(27-19(26)13-4-2-1-3-5-13)14(10-15)11-23-24-18(25)16-12-21-8-9-22-16/h1-12H,(H,24,25)/b23-11+. The fourth-order valence-electron chi connectivity index (χ4n) is 2.08. The number of hydrogen-bond acceptors (Lipinski definition) is 6. The monoisotopic (exact) mass is 424 g/mol. The molecule has 0 saturated heterocycles. The highest BCUT2D eigenvalue weighted by molar-refractivity contribution is 9.10. The quantitative estimate of drug-likeness (QED) is 0.293. The highest BCUT2D eigenvalue weighted by atomic mass is 79.9. The van der Waals surface area contributed by atoms with Crippen molar-refractivity contribution in [1.82, 2.24) is 15.4 Å². The summed E-state index contributed by atoms with van der Waals surface area (Å²) in [6, 6.07) is 13.7. The van der Waals surface area contributed by atoms with Gasteiger partial charge in [-0.25, -0.2) is 15.2 Å². The van der Waals surface area contributed by atoms with Crippen molar-refractivity contribution in [2.45, 2.75) is 0 Å². The van der Waals surface area contributed by atoms with E-state index in [1.165, 1.54) is 24.8 Å². The number of hydrogen-bond donors (Lipinski definition) is 1. The number of rotatable bonds is 5. The lowest BCUT2D eigenvalue weighted by atomic mass is 10.2. The van der Waals surface area contributed by atoms with Crippen LogP contribution in [-0.2, 0) is 0 Å². The van der Waals surface area contributed by atoms with E-state index in [0.717, 1.165) is 4.47 Å². The first-order chi connectivity index (χ1) is 13.1. The van der Waals surface area contributed by atoms with Crippen molar-refractivity contribution in [1.29, 1.82) is 0 Å². The van der Waals surface area contributed by atoms with E-state index in [9.17, 15) is 9.59 Å². The van der Waals surface area contributed by atoms with Crippen LogP contribution in [0.1, 0.15) is 26.4 Å². The molecule has 7 nitrogen and oxygen atoms in total. The number of ether oxygens (including phenoxy) is 1. The molecule has 0 saturated carbocycles. The molecule has 3 rings (SSSR count). The van der Waals surface area contributed by atoms with Crippen LogP contribution in [0.3, 0.4) is 0 Å². The average Bonchev–Trinajstić information content (AvgIpc) is 2.71. The molecule has 0 aliphatic carbocycles. The molecule has 1 amide bonds. The molecule has 0 spiro atoms. The summed E-state index contributed by atoms with van der Waals surface area (Å²) in [6.07, 6.45) is 5.59. The van der Waals surface area contributed by atoms with Gasteiger partial charge in [-0.15, -0.1) is 0 Å². The van der Waals surface area contributed by atoms with E-state index in [1.807, 2.05) is 6.07 Å². The number of carbonyl (C=O) groups excluding carboxylic acids is 2. The van der Waals surface area contributed by atoms with Gasteiger partial charge in [0.05, 0.1) is 18.0 Å². The zero-order valence-corrected chi connectivity index (χ0v) is 15.5. The SMILES string of the molecule is O=C(Oc1ccc(Br)cc1/C=N/NC(=O)c1cnccn1)c1ccccc1. The average molecular weight is 425 g/mol. The lowest BCUT2D eigenvalue weighted by molar-refractivity contribution is 0.0734. The molecule has 0 fully saturated rings. The van der Waals surface area contributed by atoms with Crippen molar-refractivity contribution in [3.05, 3.63) is 88.4 Å². The van der Waals surface area contributed by atoms with Gasteiger partial charge < -0.3 is 4.74 Å². The number of nitrogens with zero attached hydrogens (tertiary/aromatic N) is 3. The van der Waals surface area contributed by atoms with Crippen LogP contribution in [0.25, 0.3) is 0 Å². The second kappa shape index (κ2) is 8.81. The van der Waals surface area contributed by atoms with Crippen LogP contribution in [0, 0.1) is 0 Å². The maximum atomic E-state index is 12.3. The molecule has 8 heteroatoms. The van der Waals surface area contributed by atoms with E-state index in [0.29, 0.717) is 16.9 Å². The highest BCUT2D eigenvalue weighted by Gasteiger charge is 2.11. The van der Waals surface area contributed by atoms with Crippen LogP contribution in [0.5, 0.6) is 5.75 Å². The third-order valence-corrected chi connectivity index (χ3v) is 3.84. The van der Waals surface area contributed by atoms with Gasteiger partial charge in [-0.2, -0.15) is 5.10 Å². The number of amides is 1. The Morgan fingerprint density at radius 3 is 2.67 bits per heavy atom.